The van der Waals surface area contributed by atoms with Crippen molar-refractivity contribution in [3.05, 3.63) is 78.1 Å². The van der Waals surface area contributed by atoms with Crippen LogP contribution in [0.15, 0.2) is 66.9 Å². The van der Waals surface area contributed by atoms with Crippen LogP contribution in [0.1, 0.15) is 22.5 Å². The van der Waals surface area contributed by atoms with Crippen LogP contribution in [0.5, 0.6) is 5.88 Å². The van der Waals surface area contributed by atoms with E-state index in [0.717, 1.165) is 27.7 Å². The van der Waals surface area contributed by atoms with E-state index in [4.69, 9.17) is 10.00 Å². The van der Waals surface area contributed by atoms with E-state index in [2.05, 4.69) is 15.4 Å². The van der Waals surface area contributed by atoms with E-state index in [1.165, 1.54) is 0 Å². The Morgan fingerprint density at radius 3 is 2.84 bits per heavy atom. The number of fused-ring (bicyclic) bond motifs is 1. The Morgan fingerprint density at radius 1 is 1.16 bits per heavy atom. The Bertz CT molecular complexity index is 1270. The second-order valence-corrected chi connectivity index (χ2v) is 6.98. The Labute approximate surface area is 179 Å². The van der Waals surface area contributed by atoms with Crippen LogP contribution in [0.25, 0.3) is 22.0 Å². The monoisotopic (exact) mass is 411 g/mol. The number of hydrogen-bond donors (Lipinski definition) is 1. The summed E-state index contributed by atoms with van der Waals surface area (Å²) in [5.41, 5.74) is 4.20. The molecule has 1 amide bonds. The van der Waals surface area contributed by atoms with Gasteiger partial charge < -0.3 is 10.1 Å². The second kappa shape index (κ2) is 9.09. The first kappa shape index (κ1) is 20.1. The molecule has 0 aliphatic heterocycles. The summed E-state index contributed by atoms with van der Waals surface area (Å²) in [7, 11) is 1.60. The van der Waals surface area contributed by atoms with E-state index < -0.39 is 0 Å². The molecule has 0 atom stereocenters. The van der Waals surface area contributed by atoms with Crippen molar-refractivity contribution < 1.29 is 9.53 Å². The molecule has 7 nitrogen and oxygen atoms in total. The van der Waals surface area contributed by atoms with Gasteiger partial charge in [-0.3, -0.25) is 9.48 Å². The smallest absolute Gasteiger partial charge is 0.251 e. The molecule has 1 N–H and O–H groups in total. The summed E-state index contributed by atoms with van der Waals surface area (Å²) in [5.74, 6) is 0.379. The maximum Gasteiger partial charge on any atom is 0.251 e. The number of nitrogens with one attached hydrogen (secondary N) is 1. The number of ether oxygens (including phenoxy) is 1. The van der Waals surface area contributed by atoms with E-state index in [1.54, 1.807) is 13.2 Å². The number of hydrogen-bond acceptors (Lipinski definition) is 5. The average Bonchev–Trinajstić information content (AvgIpc) is 3.21. The fourth-order valence-corrected chi connectivity index (χ4v) is 3.41. The number of nitrogens with zero attached hydrogens (tertiary/aromatic N) is 4. The predicted molar refractivity (Wildman–Crippen MR) is 118 cm³/mol. The molecule has 2 aromatic heterocycles. The molecule has 0 spiro atoms. The van der Waals surface area contributed by atoms with Crippen molar-refractivity contribution in [3.63, 3.8) is 0 Å². The Morgan fingerprint density at radius 2 is 2.00 bits per heavy atom. The van der Waals surface area contributed by atoms with Gasteiger partial charge in [-0.15, -0.1) is 0 Å². The first-order valence-electron chi connectivity index (χ1n) is 9.89. The van der Waals surface area contributed by atoms with Crippen molar-refractivity contribution in [3.8, 4) is 23.1 Å². The highest BCUT2D eigenvalue weighted by molar-refractivity contribution is 5.98. The lowest BCUT2D eigenvalue weighted by Crippen LogP contribution is -2.24. The number of pyridine rings is 1. The second-order valence-electron chi connectivity index (χ2n) is 6.98. The Kier molecular flexibility index (Phi) is 5.90. The molecule has 0 aliphatic carbocycles. The molecule has 7 heteroatoms. The summed E-state index contributed by atoms with van der Waals surface area (Å²) in [4.78, 5) is 16.8. The first-order valence-corrected chi connectivity index (χ1v) is 9.89. The van der Waals surface area contributed by atoms with Gasteiger partial charge in [0.15, 0.2) is 0 Å². The number of carbonyl (C=O) groups excluding carboxylic acids is 1. The van der Waals surface area contributed by atoms with E-state index in [9.17, 15) is 4.79 Å². The van der Waals surface area contributed by atoms with Crippen LogP contribution >= 0.6 is 0 Å². The van der Waals surface area contributed by atoms with E-state index in [0.29, 0.717) is 24.5 Å². The maximum absolute atomic E-state index is 12.4. The van der Waals surface area contributed by atoms with Crippen LogP contribution in [-0.2, 0) is 6.54 Å². The molecule has 31 heavy (non-hydrogen) atoms. The van der Waals surface area contributed by atoms with Gasteiger partial charge in [-0.1, -0.05) is 30.3 Å². The Balaban J connectivity index is 1.64. The van der Waals surface area contributed by atoms with Gasteiger partial charge in [-0.2, -0.15) is 10.4 Å². The van der Waals surface area contributed by atoms with Crippen LogP contribution in [0.3, 0.4) is 0 Å². The number of rotatable bonds is 7. The van der Waals surface area contributed by atoms with Gasteiger partial charge in [-0.05, 0) is 35.4 Å². The minimum absolute atomic E-state index is 0.191. The van der Waals surface area contributed by atoms with E-state index in [-0.39, 0.29) is 12.3 Å². The number of aromatic nitrogens is 3. The van der Waals surface area contributed by atoms with Gasteiger partial charge in [-0.25, -0.2) is 4.98 Å². The molecule has 0 bridgehead atoms. The highest BCUT2D eigenvalue weighted by Gasteiger charge is 2.11. The van der Waals surface area contributed by atoms with Gasteiger partial charge in [0.05, 0.1) is 37.4 Å². The molecule has 2 heterocycles. The lowest BCUT2D eigenvalue weighted by molar-refractivity contribution is 0.0954. The predicted octanol–water partition coefficient (Wildman–Crippen LogP) is 3.80. The highest BCUT2D eigenvalue weighted by atomic mass is 16.5. The molecule has 4 aromatic rings. The molecule has 0 saturated heterocycles. The summed E-state index contributed by atoms with van der Waals surface area (Å²) < 4.78 is 7.06. The fraction of sp³-hybridized carbons (Fsp3) is 0.167. The molecular weight excluding hydrogens is 390 g/mol. The van der Waals surface area contributed by atoms with Gasteiger partial charge in [0.25, 0.3) is 5.91 Å². The van der Waals surface area contributed by atoms with Gasteiger partial charge in [0.1, 0.15) is 0 Å². The topological polar surface area (TPSA) is 92.8 Å². The normalized spacial score (nSPS) is 10.6. The SMILES string of the molecule is COc1cccc(Cn2cc3c(-c4cccc(C(=O)NCCC#N)c4)cccc3n2)n1. The van der Waals surface area contributed by atoms with Crippen LogP contribution in [0.2, 0.25) is 0 Å². The summed E-state index contributed by atoms with van der Waals surface area (Å²) >= 11 is 0. The number of carbonyl (C=O) groups is 1. The standard InChI is InChI=1S/C24H21N5O2/c1-31-23-11-3-8-19(27-23)15-29-16-21-20(9-4-10-22(21)28-29)17-6-2-7-18(14-17)24(30)26-13-5-12-25/h2-4,6-11,14,16H,5,13,15H2,1H3,(H,26,30). The third-order valence-electron chi connectivity index (χ3n) is 4.87. The van der Waals surface area contributed by atoms with Crippen molar-refractivity contribution >= 4 is 16.8 Å². The molecule has 0 unspecified atom stereocenters. The number of amides is 1. The van der Waals surface area contributed by atoms with Crippen LogP contribution in [-0.4, -0.2) is 34.3 Å². The van der Waals surface area contributed by atoms with Gasteiger partial charge in [0.2, 0.25) is 5.88 Å². The summed E-state index contributed by atoms with van der Waals surface area (Å²) in [6.45, 7) is 0.854. The van der Waals surface area contributed by atoms with Crippen LogP contribution in [0.4, 0.5) is 0 Å². The largest absolute Gasteiger partial charge is 0.481 e. The van der Waals surface area contributed by atoms with Crippen molar-refractivity contribution in [2.75, 3.05) is 13.7 Å². The third kappa shape index (κ3) is 4.54. The number of methoxy groups -OCH3 is 1. The molecule has 2 aromatic carbocycles. The zero-order valence-electron chi connectivity index (χ0n) is 17.1. The maximum atomic E-state index is 12.4. The van der Waals surface area contributed by atoms with Crippen molar-refractivity contribution in [2.45, 2.75) is 13.0 Å². The molecule has 0 radical (unpaired) electrons. The van der Waals surface area contributed by atoms with E-state index in [1.807, 2.05) is 71.5 Å². The first-order chi connectivity index (χ1) is 15.2. The lowest BCUT2D eigenvalue weighted by Gasteiger charge is -2.07. The average molecular weight is 411 g/mol. The van der Waals surface area contributed by atoms with Gasteiger partial charge >= 0.3 is 0 Å². The molecule has 0 aliphatic rings. The van der Waals surface area contributed by atoms with Gasteiger partial charge in [0, 0.05) is 29.8 Å². The minimum Gasteiger partial charge on any atom is -0.481 e. The van der Waals surface area contributed by atoms with Crippen molar-refractivity contribution in [1.82, 2.24) is 20.1 Å². The quantitative estimate of drug-likeness (QED) is 0.467. The van der Waals surface area contributed by atoms with Crippen LogP contribution < -0.4 is 10.1 Å². The molecule has 0 fully saturated rings. The zero-order valence-corrected chi connectivity index (χ0v) is 17.1. The zero-order chi connectivity index (χ0) is 21.6. The highest BCUT2D eigenvalue weighted by Crippen LogP contribution is 2.29. The summed E-state index contributed by atoms with van der Waals surface area (Å²) in [6, 6.07) is 21.1. The summed E-state index contributed by atoms with van der Waals surface area (Å²) in [5, 5.41) is 17.1. The molecular formula is C24H21N5O2. The molecule has 4 rings (SSSR count). The Hall–Kier alpha value is -4.18. The van der Waals surface area contributed by atoms with Crippen molar-refractivity contribution in [1.29, 1.82) is 5.26 Å². The number of nitriles is 1. The molecule has 154 valence electrons. The van der Waals surface area contributed by atoms with E-state index >= 15 is 0 Å². The van der Waals surface area contributed by atoms with Crippen molar-refractivity contribution in [2.24, 2.45) is 0 Å². The molecule has 0 saturated carbocycles. The van der Waals surface area contributed by atoms with Crippen LogP contribution in [0, 0.1) is 11.3 Å². The fourth-order valence-electron chi connectivity index (χ4n) is 3.41. The minimum atomic E-state index is -0.191. The number of benzene rings is 2. The lowest BCUT2D eigenvalue weighted by atomic mass is 10.00. The third-order valence-corrected chi connectivity index (χ3v) is 4.87. The summed E-state index contributed by atoms with van der Waals surface area (Å²) in [6.07, 6.45) is 2.28.